The minimum atomic E-state index is -0.604. The van der Waals surface area contributed by atoms with Crippen LogP contribution in [0.15, 0.2) is 18.2 Å². The van der Waals surface area contributed by atoms with Gasteiger partial charge in [-0.3, -0.25) is 14.4 Å². The molecule has 8 heteroatoms. The lowest BCUT2D eigenvalue weighted by atomic mass is 9.73. The lowest BCUT2D eigenvalue weighted by Gasteiger charge is -2.41. The van der Waals surface area contributed by atoms with Crippen LogP contribution in [-0.2, 0) is 25.5 Å². The Morgan fingerprint density at radius 3 is 2.64 bits per heavy atom. The highest BCUT2D eigenvalue weighted by Gasteiger charge is 2.42. The number of hydrogen-bond acceptors (Lipinski definition) is 5. The number of carbonyl (C=O) groups excluding carboxylic acids is 3. The SMILES string of the molecule is COc1ccc(CC(=O)N2CCC3(CCCCOCCNC(=O)[C@H](C)NC3=O)CC2)cc1C. The molecule has 2 N–H and O–H groups in total. The molecule has 2 heterocycles. The largest absolute Gasteiger partial charge is 0.496 e. The molecule has 1 aromatic rings. The summed E-state index contributed by atoms with van der Waals surface area (Å²) >= 11 is 0. The normalized spacial score (nSPS) is 22.4. The van der Waals surface area contributed by atoms with E-state index >= 15 is 0 Å². The van der Waals surface area contributed by atoms with Crippen LogP contribution in [0, 0.1) is 12.3 Å². The van der Waals surface area contributed by atoms with Gasteiger partial charge < -0.3 is 25.0 Å². The molecule has 1 atom stereocenters. The maximum atomic E-state index is 13.3. The molecule has 2 fully saturated rings. The Hall–Kier alpha value is -2.61. The molecule has 2 aliphatic heterocycles. The van der Waals surface area contributed by atoms with Crippen molar-refractivity contribution in [1.29, 1.82) is 0 Å². The predicted octanol–water partition coefficient (Wildman–Crippen LogP) is 1.98. The van der Waals surface area contributed by atoms with Crippen LogP contribution in [0.1, 0.15) is 50.2 Å². The number of ether oxygens (including phenoxy) is 2. The van der Waals surface area contributed by atoms with Gasteiger partial charge in [0.2, 0.25) is 17.7 Å². The number of hydrogen-bond donors (Lipinski definition) is 2. The molecule has 3 rings (SSSR count). The summed E-state index contributed by atoms with van der Waals surface area (Å²) in [6.07, 6.45) is 4.01. The van der Waals surface area contributed by atoms with E-state index in [4.69, 9.17) is 9.47 Å². The van der Waals surface area contributed by atoms with Crippen molar-refractivity contribution >= 4 is 17.7 Å². The first-order valence-corrected chi connectivity index (χ1v) is 11.9. The first-order chi connectivity index (χ1) is 15.8. The van der Waals surface area contributed by atoms with Gasteiger partial charge in [-0.05, 0) is 56.7 Å². The first-order valence-electron chi connectivity index (χ1n) is 11.9. The molecular weight excluding hydrogens is 422 g/mol. The summed E-state index contributed by atoms with van der Waals surface area (Å²) < 4.78 is 10.9. The second-order valence-corrected chi connectivity index (χ2v) is 9.20. The number of nitrogens with one attached hydrogen (secondary N) is 2. The highest BCUT2D eigenvalue weighted by atomic mass is 16.5. The quantitative estimate of drug-likeness (QED) is 0.721. The van der Waals surface area contributed by atoms with Crippen molar-refractivity contribution in [2.45, 2.75) is 58.4 Å². The molecular formula is C25H37N3O5. The molecule has 1 spiro atoms. The maximum Gasteiger partial charge on any atom is 0.242 e. The summed E-state index contributed by atoms with van der Waals surface area (Å²) in [6, 6.07) is 5.20. The van der Waals surface area contributed by atoms with Gasteiger partial charge >= 0.3 is 0 Å². The summed E-state index contributed by atoms with van der Waals surface area (Å²) in [6.45, 7) is 6.29. The molecule has 0 saturated carbocycles. The topological polar surface area (TPSA) is 97.0 Å². The van der Waals surface area contributed by atoms with E-state index in [1.807, 2.05) is 30.0 Å². The van der Waals surface area contributed by atoms with E-state index in [0.29, 0.717) is 52.1 Å². The zero-order valence-corrected chi connectivity index (χ0v) is 20.1. The zero-order valence-electron chi connectivity index (χ0n) is 20.1. The predicted molar refractivity (Wildman–Crippen MR) is 125 cm³/mol. The number of likely N-dealkylation sites (tertiary alicyclic amines) is 1. The standard InChI is InChI=1S/C25H37N3O5/c1-18-16-20(6-7-21(18)32-3)17-22(29)28-12-9-25(10-13-28)8-4-5-14-33-15-11-26-23(30)19(2)27-24(25)31/h6-7,16,19H,4-5,8-15,17H2,1-3H3,(H,26,30)(H,27,31)/t19-/m0/s1. The summed E-state index contributed by atoms with van der Waals surface area (Å²) in [5.74, 6) is 0.594. The molecule has 2 aliphatic rings. The Bertz CT molecular complexity index is 848. The fraction of sp³-hybridized carbons (Fsp3) is 0.640. The van der Waals surface area contributed by atoms with E-state index in [0.717, 1.165) is 36.1 Å². The first kappa shape index (κ1) is 25.0. The maximum absolute atomic E-state index is 13.3. The number of rotatable bonds is 3. The Morgan fingerprint density at radius 2 is 1.94 bits per heavy atom. The van der Waals surface area contributed by atoms with Crippen molar-refractivity contribution in [1.82, 2.24) is 15.5 Å². The minimum Gasteiger partial charge on any atom is -0.496 e. The Kier molecular flexibility index (Phi) is 8.72. The van der Waals surface area contributed by atoms with Crippen LogP contribution in [-0.4, -0.2) is 68.6 Å². The summed E-state index contributed by atoms with van der Waals surface area (Å²) in [5, 5.41) is 5.72. The second-order valence-electron chi connectivity index (χ2n) is 9.20. The zero-order chi connectivity index (χ0) is 23.8. The molecule has 33 heavy (non-hydrogen) atoms. The van der Waals surface area contributed by atoms with Crippen LogP contribution in [0.3, 0.4) is 0 Å². The molecule has 182 valence electrons. The van der Waals surface area contributed by atoms with Crippen molar-refractivity contribution in [3.63, 3.8) is 0 Å². The minimum absolute atomic E-state index is 0.0700. The van der Waals surface area contributed by atoms with Crippen molar-refractivity contribution in [2.24, 2.45) is 5.41 Å². The highest BCUT2D eigenvalue weighted by molar-refractivity contribution is 5.90. The van der Waals surface area contributed by atoms with E-state index < -0.39 is 11.5 Å². The van der Waals surface area contributed by atoms with Gasteiger partial charge in [0.05, 0.1) is 25.6 Å². The third-order valence-corrected chi connectivity index (χ3v) is 6.85. The number of carbonyl (C=O) groups is 3. The van der Waals surface area contributed by atoms with E-state index in [9.17, 15) is 14.4 Å². The second kappa shape index (κ2) is 11.5. The summed E-state index contributed by atoms with van der Waals surface area (Å²) in [5.41, 5.74) is 1.40. The average molecular weight is 460 g/mol. The number of benzene rings is 1. The number of aryl methyl sites for hydroxylation is 1. The van der Waals surface area contributed by atoms with Crippen LogP contribution in [0.25, 0.3) is 0 Å². The van der Waals surface area contributed by atoms with Crippen molar-refractivity contribution in [2.75, 3.05) is 40.0 Å². The highest BCUT2D eigenvalue weighted by Crippen LogP contribution is 2.37. The van der Waals surface area contributed by atoms with Gasteiger partial charge in [-0.15, -0.1) is 0 Å². The van der Waals surface area contributed by atoms with Crippen molar-refractivity contribution in [3.05, 3.63) is 29.3 Å². The van der Waals surface area contributed by atoms with Gasteiger partial charge in [0, 0.05) is 26.2 Å². The molecule has 3 amide bonds. The van der Waals surface area contributed by atoms with Crippen molar-refractivity contribution < 1.29 is 23.9 Å². The number of nitrogens with zero attached hydrogens (tertiary/aromatic N) is 1. The number of amides is 3. The van der Waals surface area contributed by atoms with E-state index in [2.05, 4.69) is 10.6 Å². The fourth-order valence-corrected chi connectivity index (χ4v) is 4.70. The van der Waals surface area contributed by atoms with E-state index in [1.54, 1.807) is 14.0 Å². The molecule has 1 aromatic carbocycles. The Labute approximate surface area is 196 Å². The lowest BCUT2D eigenvalue weighted by Crippen LogP contribution is -2.54. The molecule has 8 nitrogen and oxygen atoms in total. The molecule has 0 aliphatic carbocycles. The Morgan fingerprint density at radius 1 is 1.18 bits per heavy atom. The van der Waals surface area contributed by atoms with Crippen LogP contribution in [0.5, 0.6) is 5.75 Å². The Balaban J connectivity index is 1.64. The smallest absolute Gasteiger partial charge is 0.242 e. The van der Waals surface area contributed by atoms with Crippen molar-refractivity contribution in [3.8, 4) is 5.75 Å². The molecule has 2 saturated heterocycles. The average Bonchev–Trinajstić information content (AvgIpc) is 2.81. The summed E-state index contributed by atoms with van der Waals surface area (Å²) in [7, 11) is 1.64. The van der Waals surface area contributed by atoms with E-state index in [1.165, 1.54) is 0 Å². The van der Waals surface area contributed by atoms with Gasteiger partial charge in [0.25, 0.3) is 0 Å². The van der Waals surface area contributed by atoms with Crippen LogP contribution < -0.4 is 15.4 Å². The van der Waals surface area contributed by atoms with Crippen LogP contribution in [0.2, 0.25) is 0 Å². The molecule has 0 radical (unpaired) electrons. The van der Waals surface area contributed by atoms with Gasteiger partial charge in [-0.25, -0.2) is 0 Å². The van der Waals surface area contributed by atoms with Gasteiger partial charge in [-0.2, -0.15) is 0 Å². The monoisotopic (exact) mass is 459 g/mol. The fourth-order valence-electron chi connectivity index (χ4n) is 4.70. The van der Waals surface area contributed by atoms with Gasteiger partial charge in [0.1, 0.15) is 11.8 Å². The van der Waals surface area contributed by atoms with Crippen LogP contribution in [0.4, 0.5) is 0 Å². The van der Waals surface area contributed by atoms with Gasteiger partial charge in [-0.1, -0.05) is 18.6 Å². The van der Waals surface area contributed by atoms with Crippen LogP contribution >= 0.6 is 0 Å². The van der Waals surface area contributed by atoms with Gasteiger partial charge in [0.15, 0.2) is 0 Å². The lowest BCUT2D eigenvalue weighted by molar-refractivity contribution is -0.142. The molecule has 0 unspecified atom stereocenters. The summed E-state index contributed by atoms with van der Waals surface area (Å²) in [4.78, 5) is 40.4. The molecule has 0 aromatic heterocycles. The van der Waals surface area contributed by atoms with E-state index in [-0.39, 0.29) is 17.7 Å². The third kappa shape index (κ3) is 6.47. The number of methoxy groups -OCH3 is 1. The molecule has 0 bridgehead atoms. The number of piperidine rings is 1. The third-order valence-electron chi connectivity index (χ3n) is 6.85.